The summed E-state index contributed by atoms with van der Waals surface area (Å²) in [4.78, 5) is 23.1. The molecule has 2 fully saturated rings. The first-order chi connectivity index (χ1) is 9.15. The maximum atomic E-state index is 12.1. The predicted octanol–water partition coefficient (Wildman–Crippen LogP) is 0.257. The summed E-state index contributed by atoms with van der Waals surface area (Å²) < 4.78 is 0.214. The zero-order valence-corrected chi connectivity index (χ0v) is 12.3. The number of nitrogens with one attached hydrogen (secondary N) is 3. The molecule has 2 aliphatic rings. The van der Waals surface area contributed by atoms with Crippen LogP contribution in [0.3, 0.4) is 0 Å². The van der Waals surface area contributed by atoms with E-state index in [0.29, 0.717) is 6.54 Å². The van der Waals surface area contributed by atoms with Gasteiger partial charge < -0.3 is 10.6 Å². The highest BCUT2D eigenvalue weighted by atomic mass is 32.2. The van der Waals surface area contributed by atoms with Crippen molar-refractivity contribution >= 4 is 23.6 Å². The second-order valence-corrected chi connectivity index (χ2v) is 6.68. The number of hydrogen-bond acceptors (Lipinski definition) is 4. The maximum absolute atomic E-state index is 12.1. The van der Waals surface area contributed by atoms with Gasteiger partial charge in [-0.2, -0.15) is 11.8 Å². The summed E-state index contributed by atoms with van der Waals surface area (Å²) in [5.74, 6) is -0.0455. The Kier molecular flexibility index (Phi) is 5.10. The predicted molar refractivity (Wildman–Crippen MR) is 77.1 cm³/mol. The van der Waals surface area contributed by atoms with Crippen molar-refractivity contribution in [2.45, 2.75) is 42.9 Å². The molecule has 2 rings (SSSR count). The van der Waals surface area contributed by atoms with E-state index in [4.69, 9.17) is 0 Å². The van der Waals surface area contributed by atoms with Crippen LogP contribution in [0, 0.1) is 0 Å². The van der Waals surface area contributed by atoms with Gasteiger partial charge in [-0.15, -0.1) is 0 Å². The van der Waals surface area contributed by atoms with Gasteiger partial charge in [0.1, 0.15) is 6.04 Å². The monoisotopic (exact) mass is 285 g/mol. The Bertz CT molecular complexity index is 333. The fraction of sp³-hybridized carbons (Fsp3) is 0.846. The summed E-state index contributed by atoms with van der Waals surface area (Å²) in [5, 5.41) is 8.72. The molecule has 0 aromatic rings. The molecule has 1 atom stereocenters. The summed E-state index contributed by atoms with van der Waals surface area (Å²) in [7, 11) is 0. The third kappa shape index (κ3) is 3.86. The van der Waals surface area contributed by atoms with Crippen LogP contribution in [0.2, 0.25) is 0 Å². The molecular formula is C13H23N3O2S. The van der Waals surface area contributed by atoms with E-state index in [1.807, 2.05) is 11.8 Å². The zero-order chi connectivity index (χ0) is 13.7. The van der Waals surface area contributed by atoms with E-state index in [1.165, 1.54) is 32.1 Å². The molecule has 1 saturated carbocycles. The number of piperazine rings is 1. The molecule has 1 heterocycles. The van der Waals surface area contributed by atoms with Gasteiger partial charge in [-0.05, 0) is 19.1 Å². The number of carbonyl (C=O) groups excluding carboxylic acids is 2. The van der Waals surface area contributed by atoms with Crippen LogP contribution in [0.5, 0.6) is 0 Å². The summed E-state index contributed by atoms with van der Waals surface area (Å²) in [5.41, 5.74) is 0. The molecule has 0 aromatic carbocycles. The van der Waals surface area contributed by atoms with Crippen LogP contribution in [0.4, 0.5) is 0 Å². The molecule has 2 amide bonds. The first-order valence-corrected chi connectivity index (χ1v) is 8.21. The van der Waals surface area contributed by atoms with E-state index in [2.05, 4.69) is 22.2 Å². The van der Waals surface area contributed by atoms with Gasteiger partial charge in [-0.3, -0.25) is 14.9 Å². The van der Waals surface area contributed by atoms with Crippen LogP contribution in [-0.2, 0) is 9.59 Å². The standard InChI is InChI=1S/C13H23N3O2S/c1-19-13(5-3-2-4-6-13)9-16-12(18)10-7-15-11(17)8-14-10/h10,14H,2-9H2,1H3,(H,15,17)(H,16,18). The highest BCUT2D eigenvalue weighted by molar-refractivity contribution is 8.00. The number of hydrogen-bond donors (Lipinski definition) is 3. The molecule has 19 heavy (non-hydrogen) atoms. The van der Waals surface area contributed by atoms with Crippen molar-refractivity contribution < 1.29 is 9.59 Å². The van der Waals surface area contributed by atoms with Gasteiger partial charge in [-0.25, -0.2) is 0 Å². The minimum absolute atomic E-state index is 0.000927. The van der Waals surface area contributed by atoms with Gasteiger partial charge in [-0.1, -0.05) is 19.3 Å². The number of rotatable bonds is 4. The van der Waals surface area contributed by atoms with Crippen molar-refractivity contribution in [1.82, 2.24) is 16.0 Å². The van der Waals surface area contributed by atoms with Gasteiger partial charge in [0.2, 0.25) is 11.8 Å². The van der Waals surface area contributed by atoms with Gasteiger partial charge in [0, 0.05) is 17.8 Å². The third-order valence-electron chi connectivity index (χ3n) is 4.11. The minimum atomic E-state index is -0.291. The average molecular weight is 285 g/mol. The lowest BCUT2D eigenvalue weighted by atomic mass is 9.88. The van der Waals surface area contributed by atoms with Crippen molar-refractivity contribution in [3.63, 3.8) is 0 Å². The second-order valence-electron chi connectivity index (χ2n) is 5.40. The van der Waals surface area contributed by atoms with Crippen molar-refractivity contribution in [2.75, 3.05) is 25.9 Å². The first kappa shape index (κ1) is 14.7. The Labute approximate surface area is 118 Å². The summed E-state index contributed by atoms with van der Waals surface area (Å²) >= 11 is 1.88. The van der Waals surface area contributed by atoms with Crippen molar-refractivity contribution in [1.29, 1.82) is 0 Å². The molecular weight excluding hydrogens is 262 g/mol. The van der Waals surface area contributed by atoms with E-state index in [1.54, 1.807) is 0 Å². The Morgan fingerprint density at radius 3 is 2.74 bits per heavy atom. The van der Waals surface area contributed by atoms with Crippen LogP contribution in [0.25, 0.3) is 0 Å². The van der Waals surface area contributed by atoms with Crippen LogP contribution in [0.1, 0.15) is 32.1 Å². The minimum Gasteiger partial charge on any atom is -0.353 e. The van der Waals surface area contributed by atoms with E-state index in [-0.39, 0.29) is 29.1 Å². The van der Waals surface area contributed by atoms with Crippen LogP contribution in [-0.4, -0.2) is 48.5 Å². The summed E-state index contributed by atoms with van der Waals surface area (Å²) in [6, 6.07) is -0.291. The number of amides is 2. The molecule has 108 valence electrons. The number of thioether (sulfide) groups is 1. The van der Waals surface area contributed by atoms with Crippen LogP contribution in [0.15, 0.2) is 0 Å². The molecule has 1 aliphatic heterocycles. The summed E-state index contributed by atoms with van der Waals surface area (Å²) in [6.45, 7) is 1.35. The second kappa shape index (κ2) is 6.61. The fourth-order valence-electron chi connectivity index (χ4n) is 2.77. The topological polar surface area (TPSA) is 70.2 Å². The van der Waals surface area contributed by atoms with E-state index in [0.717, 1.165) is 6.54 Å². The van der Waals surface area contributed by atoms with Crippen molar-refractivity contribution in [3.05, 3.63) is 0 Å². The molecule has 1 aliphatic carbocycles. The van der Waals surface area contributed by atoms with E-state index in [9.17, 15) is 9.59 Å². The van der Waals surface area contributed by atoms with Crippen LogP contribution < -0.4 is 16.0 Å². The summed E-state index contributed by atoms with van der Waals surface area (Å²) in [6.07, 6.45) is 8.33. The van der Waals surface area contributed by atoms with E-state index < -0.39 is 0 Å². The smallest absolute Gasteiger partial charge is 0.239 e. The normalized spacial score (nSPS) is 26.6. The highest BCUT2D eigenvalue weighted by Gasteiger charge is 2.32. The molecule has 1 saturated heterocycles. The molecule has 0 bridgehead atoms. The highest BCUT2D eigenvalue weighted by Crippen LogP contribution is 2.37. The van der Waals surface area contributed by atoms with Gasteiger partial charge in [0.15, 0.2) is 0 Å². The lowest BCUT2D eigenvalue weighted by Gasteiger charge is -2.36. The largest absolute Gasteiger partial charge is 0.353 e. The fourth-order valence-corrected chi connectivity index (χ4v) is 3.69. The molecule has 3 N–H and O–H groups in total. The Hall–Kier alpha value is -0.750. The van der Waals surface area contributed by atoms with Gasteiger partial charge in [0.05, 0.1) is 6.54 Å². The van der Waals surface area contributed by atoms with Gasteiger partial charge in [0.25, 0.3) is 0 Å². The maximum Gasteiger partial charge on any atom is 0.239 e. The van der Waals surface area contributed by atoms with Crippen LogP contribution >= 0.6 is 11.8 Å². The molecule has 0 aromatic heterocycles. The number of carbonyl (C=O) groups is 2. The Morgan fingerprint density at radius 2 is 2.16 bits per heavy atom. The van der Waals surface area contributed by atoms with Gasteiger partial charge >= 0.3 is 0 Å². The van der Waals surface area contributed by atoms with Crippen molar-refractivity contribution in [2.24, 2.45) is 0 Å². The zero-order valence-electron chi connectivity index (χ0n) is 11.5. The Balaban J connectivity index is 1.80. The first-order valence-electron chi connectivity index (χ1n) is 6.98. The van der Waals surface area contributed by atoms with E-state index >= 15 is 0 Å². The Morgan fingerprint density at radius 1 is 1.42 bits per heavy atom. The molecule has 0 spiro atoms. The quantitative estimate of drug-likeness (QED) is 0.693. The third-order valence-corrected chi connectivity index (χ3v) is 5.53. The van der Waals surface area contributed by atoms with Crippen molar-refractivity contribution in [3.8, 4) is 0 Å². The lowest BCUT2D eigenvalue weighted by Crippen LogP contribution is -2.59. The average Bonchev–Trinajstić information content (AvgIpc) is 2.46. The molecule has 0 radical (unpaired) electrons. The lowest BCUT2D eigenvalue weighted by molar-refractivity contribution is -0.126. The molecule has 1 unspecified atom stereocenters. The molecule has 5 nitrogen and oxygen atoms in total. The SMILES string of the molecule is CSC1(CNC(=O)C2CNC(=O)CN2)CCCCC1. The molecule has 6 heteroatoms.